The Morgan fingerprint density at radius 2 is 1.66 bits per heavy atom. The standard InChI is InChI=1S/C24H24N8/c1-16-3-2-4-20(28-16)24-27-12-10-22(31-24)29-21-9-11-26-23(30-21)13-17-5-7-19(8-6-17)32-14-18(25)15-32/h2-12,18H,13-15,25H2,1H3,(H,26,27,29,30,31). The molecular weight excluding hydrogens is 400 g/mol. The van der Waals surface area contributed by atoms with Gasteiger partial charge in [-0.25, -0.2) is 24.9 Å². The second-order valence-corrected chi connectivity index (χ2v) is 7.92. The lowest BCUT2D eigenvalue weighted by Crippen LogP contribution is -2.55. The Bertz CT molecular complexity index is 1220. The van der Waals surface area contributed by atoms with Crippen LogP contribution in [0.3, 0.4) is 0 Å². The summed E-state index contributed by atoms with van der Waals surface area (Å²) in [5.41, 5.74) is 9.90. The molecule has 1 aliphatic rings. The zero-order chi connectivity index (χ0) is 21.9. The minimum absolute atomic E-state index is 0.289. The van der Waals surface area contributed by atoms with E-state index < -0.39 is 0 Å². The largest absolute Gasteiger partial charge is 0.368 e. The Morgan fingerprint density at radius 1 is 0.906 bits per heavy atom. The number of hydrogen-bond acceptors (Lipinski definition) is 8. The molecule has 3 aromatic heterocycles. The maximum atomic E-state index is 5.88. The highest BCUT2D eigenvalue weighted by Gasteiger charge is 2.22. The van der Waals surface area contributed by atoms with Crippen LogP contribution in [0.25, 0.3) is 11.5 Å². The third-order valence-corrected chi connectivity index (χ3v) is 5.31. The SMILES string of the molecule is Cc1cccc(-c2nccc(Nc3ccnc(Cc4ccc(N5CC(N)C5)cc4)n3)n2)n1. The summed E-state index contributed by atoms with van der Waals surface area (Å²) in [4.78, 5) is 24.8. The quantitative estimate of drug-likeness (QED) is 0.486. The van der Waals surface area contributed by atoms with Gasteiger partial charge in [-0.3, -0.25) is 0 Å². The molecule has 1 aliphatic heterocycles. The van der Waals surface area contributed by atoms with Crippen molar-refractivity contribution in [2.45, 2.75) is 19.4 Å². The van der Waals surface area contributed by atoms with E-state index in [4.69, 9.17) is 5.73 Å². The lowest BCUT2D eigenvalue weighted by molar-refractivity contribution is 0.519. The van der Waals surface area contributed by atoms with E-state index in [1.165, 1.54) is 5.69 Å². The van der Waals surface area contributed by atoms with Crippen molar-refractivity contribution in [2.75, 3.05) is 23.3 Å². The van der Waals surface area contributed by atoms with Gasteiger partial charge < -0.3 is 16.0 Å². The first-order valence-corrected chi connectivity index (χ1v) is 10.6. The summed E-state index contributed by atoms with van der Waals surface area (Å²) in [6.45, 7) is 3.78. The van der Waals surface area contributed by atoms with Crippen LogP contribution in [-0.4, -0.2) is 44.1 Å². The fourth-order valence-electron chi connectivity index (χ4n) is 3.64. The number of anilines is 3. The molecule has 32 heavy (non-hydrogen) atoms. The number of hydrogen-bond donors (Lipinski definition) is 2. The summed E-state index contributed by atoms with van der Waals surface area (Å²) < 4.78 is 0. The minimum Gasteiger partial charge on any atom is -0.368 e. The molecule has 0 aliphatic carbocycles. The van der Waals surface area contributed by atoms with E-state index in [1.807, 2.05) is 37.3 Å². The van der Waals surface area contributed by atoms with Gasteiger partial charge in [0.2, 0.25) is 0 Å². The molecule has 8 nitrogen and oxygen atoms in total. The molecule has 160 valence electrons. The van der Waals surface area contributed by atoms with Crippen molar-refractivity contribution in [2.24, 2.45) is 5.73 Å². The van der Waals surface area contributed by atoms with E-state index >= 15 is 0 Å². The van der Waals surface area contributed by atoms with Crippen LogP contribution in [0.1, 0.15) is 17.1 Å². The molecule has 0 atom stereocenters. The second-order valence-electron chi connectivity index (χ2n) is 7.92. The molecule has 0 saturated carbocycles. The van der Waals surface area contributed by atoms with E-state index in [9.17, 15) is 0 Å². The molecule has 4 aromatic rings. The molecule has 0 bridgehead atoms. The molecule has 0 radical (unpaired) electrons. The van der Waals surface area contributed by atoms with Gasteiger partial charge in [-0.05, 0) is 48.9 Å². The Morgan fingerprint density at radius 3 is 2.41 bits per heavy atom. The number of aromatic nitrogens is 5. The van der Waals surface area contributed by atoms with Crippen molar-refractivity contribution in [1.29, 1.82) is 0 Å². The van der Waals surface area contributed by atoms with Crippen molar-refractivity contribution < 1.29 is 0 Å². The normalized spacial score (nSPS) is 13.6. The number of nitrogens with zero attached hydrogens (tertiary/aromatic N) is 6. The van der Waals surface area contributed by atoms with Gasteiger partial charge in [-0.15, -0.1) is 0 Å². The molecule has 4 heterocycles. The van der Waals surface area contributed by atoms with Gasteiger partial charge in [0.15, 0.2) is 5.82 Å². The predicted octanol–water partition coefficient (Wildman–Crippen LogP) is 3.12. The molecule has 1 fully saturated rings. The molecule has 5 rings (SSSR count). The minimum atomic E-state index is 0.289. The molecule has 0 amide bonds. The van der Waals surface area contributed by atoms with E-state index in [2.05, 4.69) is 59.4 Å². The van der Waals surface area contributed by atoms with Crippen LogP contribution in [0.15, 0.2) is 67.0 Å². The summed E-state index contributed by atoms with van der Waals surface area (Å²) in [5.74, 6) is 2.64. The van der Waals surface area contributed by atoms with Crippen LogP contribution in [-0.2, 0) is 6.42 Å². The molecule has 1 saturated heterocycles. The second kappa shape index (κ2) is 8.68. The lowest BCUT2D eigenvalue weighted by Gasteiger charge is -2.38. The third-order valence-electron chi connectivity index (χ3n) is 5.31. The predicted molar refractivity (Wildman–Crippen MR) is 125 cm³/mol. The third kappa shape index (κ3) is 4.55. The van der Waals surface area contributed by atoms with Crippen molar-refractivity contribution in [3.05, 3.63) is 84.1 Å². The van der Waals surface area contributed by atoms with Gasteiger partial charge in [-0.1, -0.05) is 18.2 Å². The summed E-state index contributed by atoms with van der Waals surface area (Å²) in [6, 6.07) is 18.2. The number of pyridine rings is 1. The molecule has 0 unspecified atom stereocenters. The van der Waals surface area contributed by atoms with E-state index in [-0.39, 0.29) is 6.04 Å². The number of rotatable bonds is 6. The maximum Gasteiger partial charge on any atom is 0.180 e. The highest BCUT2D eigenvalue weighted by molar-refractivity contribution is 5.56. The van der Waals surface area contributed by atoms with Crippen LogP contribution in [0.2, 0.25) is 0 Å². The van der Waals surface area contributed by atoms with Crippen LogP contribution >= 0.6 is 0 Å². The average Bonchev–Trinajstić information content (AvgIpc) is 2.78. The van der Waals surface area contributed by atoms with Gasteiger partial charge in [0.05, 0.1) is 0 Å². The van der Waals surface area contributed by atoms with Crippen LogP contribution in [0.5, 0.6) is 0 Å². The Hall–Kier alpha value is -3.91. The van der Waals surface area contributed by atoms with Gasteiger partial charge in [-0.2, -0.15) is 0 Å². The number of nitrogens with two attached hydrogens (primary N) is 1. The van der Waals surface area contributed by atoms with Crippen LogP contribution in [0.4, 0.5) is 17.3 Å². The smallest absolute Gasteiger partial charge is 0.180 e. The fourth-order valence-corrected chi connectivity index (χ4v) is 3.64. The van der Waals surface area contributed by atoms with Crippen molar-refractivity contribution in [3.63, 3.8) is 0 Å². The first kappa shape index (κ1) is 20.0. The van der Waals surface area contributed by atoms with Crippen molar-refractivity contribution in [1.82, 2.24) is 24.9 Å². The first-order chi connectivity index (χ1) is 15.6. The molecule has 0 spiro atoms. The number of aryl methyl sites for hydroxylation is 1. The van der Waals surface area contributed by atoms with E-state index in [0.717, 1.165) is 35.9 Å². The number of nitrogens with one attached hydrogen (secondary N) is 1. The summed E-state index contributed by atoms with van der Waals surface area (Å²) >= 11 is 0. The maximum absolute atomic E-state index is 5.88. The zero-order valence-electron chi connectivity index (χ0n) is 17.8. The summed E-state index contributed by atoms with van der Waals surface area (Å²) in [6.07, 6.45) is 4.12. The Balaban J connectivity index is 1.28. The fraction of sp³-hybridized carbons (Fsp3) is 0.208. The summed E-state index contributed by atoms with van der Waals surface area (Å²) in [7, 11) is 0. The first-order valence-electron chi connectivity index (χ1n) is 10.6. The highest BCUT2D eigenvalue weighted by Crippen LogP contribution is 2.22. The zero-order valence-corrected chi connectivity index (χ0v) is 17.8. The summed E-state index contributed by atoms with van der Waals surface area (Å²) in [5, 5.41) is 3.25. The van der Waals surface area contributed by atoms with Crippen molar-refractivity contribution >= 4 is 17.3 Å². The van der Waals surface area contributed by atoms with Gasteiger partial charge >= 0.3 is 0 Å². The highest BCUT2D eigenvalue weighted by atomic mass is 15.2. The molecule has 8 heteroatoms. The van der Waals surface area contributed by atoms with E-state index in [0.29, 0.717) is 23.9 Å². The van der Waals surface area contributed by atoms with Gasteiger partial charge in [0, 0.05) is 49.3 Å². The number of benzene rings is 1. The monoisotopic (exact) mass is 424 g/mol. The van der Waals surface area contributed by atoms with Gasteiger partial charge in [0.1, 0.15) is 23.2 Å². The van der Waals surface area contributed by atoms with Gasteiger partial charge in [0.25, 0.3) is 0 Å². The van der Waals surface area contributed by atoms with Crippen LogP contribution in [0, 0.1) is 6.92 Å². The lowest BCUT2D eigenvalue weighted by atomic mass is 10.1. The van der Waals surface area contributed by atoms with Crippen LogP contribution < -0.4 is 16.0 Å². The van der Waals surface area contributed by atoms with Crippen molar-refractivity contribution in [3.8, 4) is 11.5 Å². The Labute approximate surface area is 186 Å². The molecule has 1 aromatic carbocycles. The Kier molecular flexibility index (Phi) is 5.43. The molecular formula is C24H24N8. The molecule has 3 N–H and O–H groups in total. The average molecular weight is 425 g/mol. The topological polar surface area (TPSA) is 106 Å². The van der Waals surface area contributed by atoms with E-state index in [1.54, 1.807) is 12.4 Å².